The lowest BCUT2D eigenvalue weighted by atomic mass is 10.1. The number of rotatable bonds is 6. The van der Waals surface area contributed by atoms with E-state index in [0.717, 1.165) is 37.6 Å². The Hall–Kier alpha value is -3.42. The first kappa shape index (κ1) is 19.9. The van der Waals surface area contributed by atoms with Crippen LogP contribution < -0.4 is 15.1 Å². The van der Waals surface area contributed by atoms with Gasteiger partial charge in [0, 0.05) is 50.2 Å². The minimum atomic E-state index is -0.412. The second-order valence-corrected chi connectivity index (χ2v) is 7.52. The molecule has 156 valence electrons. The molecule has 2 aromatic heterocycles. The smallest absolute Gasteiger partial charge is 0.244 e. The molecular weight excluding hydrogens is 378 g/mol. The molecule has 3 heterocycles. The maximum atomic E-state index is 12.5. The lowest BCUT2D eigenvalue weighted by molar-refractivity contribution is -0.124. The largest absolute Gasteiger partial charge is 0.368 e. The first-order valence-electron chi connectivity index (χ1n) is 10.2. The molecule has 1 saturated heterocycles. The summed E-state index contributed by atoms with van der Waals surface area (Å²) < 4.78 is 1.55. The number of nitrogens with one attached hydrogen (secondary N) is 1. The molecular formula is C22H27N7O. The van der Waals surface area contributed by atoms with Gasteiger partial charge in [-0.1, -0.05) is 24.3 Å². The van der Waals surface area contributed by atoms with Crippen molar-refractivity contribution in [1.82, 2.24) is 25.1 Å². The molecule has 4 rings (SSSR count). The van der Waals surface area contributed by atoms with Crippen LogP contribution in [-0.2, 0) is 11.3 Å². The lowest BCUT2D eigenvalue weighted by Crippen LogP contribution is -2.47. The normalized spacial score (nSPS) is 15.1. The van der Waals surface area contributed by atoms with Crippen LogP contribution in [0.3, 0.4) is 0 Å². The summed E-state index contributed by atoms with van der Waals surface area (Å²) in [4.78, 5) is 25.7. The van der Waals surface area contributed by atoms with E-state index in [1.54, 1.807) is 17.9 Å². The van der Waals surface area contributed by atoms with Crippen molar-refractivity contribution in [2.75, 3.05) is 36.0 Å². The topological polar surface area (TPSA) is 79.2 Å². The van der Waals surface area contributed by atoms with Crippen LogP contribution in [0, 0.1) is 6.92 Å². The molecule has 1 aliphatic rings. The maximum absolute atomic E-state index is 12.5. The van der Waals surface area contributed by atoms with E-state index in [0.29, 0.717) is 6.54 Å². The van der Waals surface area contributed by atoms with Crippen molar-refractivity contribution in [3.8, 4) is 0 Å². The highest BCUT2D eigenvalue weighted by Gasteiger charge is 2.22. The molecule has 1 atom stereocenters. The molecule has 0 aliphatic carbocycles. The van der Waals surface area contributed by atoms with Gasteiger partial charge in [0.25, 0.3) is 0 Å². The molecule has 1 amide bonds. The third-order valence-corrected chi connectivity index (χ3v) is 5.57. The van der Waals surface area contributed by atoms with Gasteiger partial charge in [0.15, 0.2) is 0 Å². The summed E-state index contributed by atoms with van der Waals surface area (Å²) in [6, 6.07) is 12.0. The van der Waals surface area contributed by atoms with Gasteiger partial charge < -0.3 is 15.1 Å². The minimum Gasteiger partial charge on any atom is -0.368 e. The van der Waals surface area contributed by atoms with E-state index < -0.39 is 6.04 Å². The molecule has 3 aromatic rings. The Bertz CT molecular complexity index is 981. The van der Waals surface area contributed by atoms with Crippen molar-refractivity contribution < 1.29 is 4.79 Å². The minimum absolute atomic E-state index is 0.0975. The Labute approximate surface area is 176 Å². The molecule has 1 aromatic carbocycles. The zero-order valence-corrected chi connectivity index (χ0v) is 17.4. The van der Waals surface area contributed by atoms with Crippen molar-refractivity contribution >= 4 is 17.4 Å². The number of hydrogen-bond acceptors (Lipinski definition) is 6. The van der Waals surface area contributed by atoms with Crippen LogP contribution in [0.25, 0.3) is 0 Å². The van der Waals surface area contributed by atoms with Crippen molar-refractivity contribution in [1.29, 1.82) is 0 Å². The average molecular weight is 406 g/mol. The number of anilines is 2. The third-order valence-electron chi connectivity index (χ3n) is 5.57. The van der Waals surface area contributed by atoms with Gasteiger partial charge in [-0.15, -0.1) is 0 Å². The molecule has 30 heavy (non-hydrogen) atoms. The monoisotopic (exact) mass is 405 g/mol. The van der Waals surface area contributed by atoms with Crippen molar-refractivity contribution in [3.05, 3.63) is 66.4 Å². The Morgan fingerprint density at radius 2 is 1.87 bits per heavy atom. The van der Waals surface area contributed by atoms with E-state index in [9.17, 15) is 4.79 Å². The Morgan fingerprint density at radius 1 is 1.10 bits per heavy atom. The first-order valence-corrected chi connectivity index (χ1v) is 10.2. The van der Waals surface area contributed by atoms with Gasteiger partial charge in [0.1, 0.15) is 24.5 Å². The van der Waals surface area contributed by atoms with Crippen LogP contribution in [0.1, 0.15) is 24.1 Å². The number of carbonyl (C=O) groups excluding carboxylic acids is 1. The summed E-state index contributed by atoms with van der Waals surface area (Å²) >= 11 is 0. The number of amides is 1. The zero-order valence-electron chi connectivity index (χ0n) is 17.4. The standard InChI is InChI=1S/C22H27N7O/c1-17-6-3-4-8-20(17)27-10-12-28(13-11-27)21-19(7-5-9-24-21)14-25-22(30)18(2)29-16-23-15-26-29/h3-9,15-16,18H,10-14H2,1-2H3,(H,25,30). The molecule has 1 aliphatic heterocycles. The average Bonchev–Trinajstić information content (AvgIpc) is 3.33. The second-order valence-electron chi connectivity index (χ2n) is 7.52. The summed E-state index contributed by atoms with van der Waals surface area (Å²) in [6.45, 7) is 8.05. The van der Waals surface area contributed by atoms with Crippen LogP contribution in [0.15, 0.2) is 55.2 Å². The summed E-state index contributed by atoms with van der Waals surface area (Å²) in [5.74, 6) is 0.843. The molecule has 0 bridgehead atoms. The van der Waals surface area contributed by atoms with E-state index in [-0.39, 0.29) is 5.91 Å². The van der Waals surface area contributed by atoms with Crippen molar-refractivity contribution in [2.45, 2.75) is 26.4 Å². The molecule has 8 heteroatoms. The van der Waals surface area contributed by atoms with E-state index in [4.69, 9.17) is 0 Å². The van der Waals surface area contributed by atoms with Gasteiger partial charge in [-0.2, -0.15) is 5.10 Å². The number of benzene rings is 1. The van der Waals surface area contributed by atoms with Gasteiger partial charge in [-0.25, -0.2) is 14.6 Å². The fourth-order valence-electron chi connectivity index (χ4n) is 3.80. The van der Waals surface area contributed by atoms with Crippen molar-refractivity contribution in [3.63, 3.8) is 0 Å². The molecule has 0 saturated carbocycles. The van der Waals surface area contributed by atoms with E-state index >= 15 is 0 Å². The Morgan fingerprint density at radius 3 is 2.60 bits per heavy atom. The molecule has 0 radical (unpaired) electrons. The van der Waals surface area contributed by atoms with Crippen LogP contribution in [-0.4, -0.2) is 51.8 Å². The van der Waals surface area contributed by atoms with E-state index in [2.05, 4.69) is 61.4 Å². The summed E-state index contributed by atoms with van der Waals surface area (Å²) in [6.07, 6.45) is 4.79. The predicted molar refractivity (Wildman–Crippen MR) is 116 cm³/mol. The zero-order chi connectivity index (χ0) is 20.9. The van der Waals surface area contributed by atoms with Crippen LogP contribution in [0.5, 0.6) is 0 Å². The number of aryl methyl sites for hydroxylation is 1. The summed E-state index contributed by atoms with van der Waals surface area (Å²) in [5, 5.41) is 7.04. The molecule has 1 fully saturated rings. The highest BCUT2D eigenvalue weighted by molar-refractivity contribution is 5.79. The number of piperazine rings is 1. The van der Waals surface area contributed by atoms with Gasteiger partial charge in [0.2, 0.25) is 5.91 Å². The fraction of sp³-hybridized carbons (Fsp3) is 0.364. The number of pyridine rings is 1. The SMILES string of the molecule is Cc1ccccc1N1CCN(c2ncccc2CNC(=O)C(C)n2cncn2)CC1. The molecule has 1 N–H and O–H groups in total. The Kier molecular flexibility index (Phi) is 5.92. The molecule has 8 nitrogen and oxygen atoms in total. The number of hydrogen-bond donors (Lipinski definition) is 1. The van der Waals surface area contributed by atoms with Gasteiger partial charge in [0.05, 0.1) is 0 Å². The first-order chi connectivity index (χ1) is 14.6. The van der Waals surface area contributed by atoms with Gasteiger partial charge >= 0.3 is 0 Å². The molecule has 0 spiro atoms. The highest BCUT2D eigenvalue weighted by atomic mass is 16.2. The number of nitrogens with zero attached hydrogens (tertiary/aromatic N) is 6. The fourth-order valence-corrected chi connectivity index (χ4v) is 3.80. The van der Waals surface area contributed by atoms with Crippen LogP contribution in [0.2, 0.25) is 0 Å². The predicted octanol–water partition coefficient (Wildman–Crippen LogP) is 2.19. The quantitative estimate of drug-likeness (QED) is 0.677. The van der Waals surface area contributed by atoms with Crippen LogP contribution >= 0.6 is 0 Å². The van der Waals surface area contributed by atoms with Crippen molar-refractivity contribution in [2.24, 2.45) is 0 Å². The highest BCUT2D eigenvalue weighted by Crippen LogP contribution is 2.24. The van der Waals surface area contributed by atoms with E-state index in [1.807, 2.05) is 18.3 Å². The maximum Gasteiger partial charge on any atom is 0.244 e. The third kappa shape index (κ3) is 4.27. The van der Waals surface area contributed by atoms with E-state index in [1.165, 1.54) is 17.6 Å². The number of para-hydroxylation sites is 1. The van der Waals surface area contributed by atoms with Gasteiger partial charge in [-0.05, 0) is 31.5 Å². The molecule has 1 unspecified atom stereocenters. The number of carbonyl (C=O) groups is 1. The number of aromatic nitrogens is 4. The summed E-state index contributed by atoms with van der Waals surface area (Å²) in [5.41, 5.74) is 3.61. The van der Waals surface area contributed by atoms with Crippen LogP contribution in [0.4, 0.5) is 11.5 Å². The lowest BCUT2D eigenvalue weighted by Gasteiger charge is -2.38. The summed E-state index contributed by atoms with van der Waals surface area (Å²) in [7, 11) is 0. The second kappa shape index (κ2) is 8.94. The Balaban J connectivity index is 1.39. The van der Waals surface area contributed by atoms with Gasteiger partial charge in [-0.3, -0.25) is 4.79 Å².